The fourth-order valence-corrected chi connectivity index (χ4v) is 4.84. The van der Waals surface area contributed by atoms with Gasteiger partial charge in [0.2, 0.25) is 5.88 Å². The number of unbranched alkanes of at least 4 members (excludes halogenated alkanes) is 1. The van der Waals surface area contributed by atoms with Gasteiger partial charge in [-0.25, -0.2) is 18.4 Å². The lowest BCUT2D eigenvalue weighted by molar-refractivity contribution is 0.0596. The molecule has 2 aromatic rings. The number of hydrogen-bond acceptors (Lipinski definition) is 8. The zero-order valence-corrected chi connectivity index (χ0v) is 20.3. The number of carbonyl (C=O) groups excluding carboxylic acids is 2. The molecule has 0 radical (unpaired) electrons. The van der Waals surface area contributed by atoms with Crippen LogP contribution in [0.1, 0.15) is 47.2 Å². The van der Waals surface area contributed by atoms with Gasteiger partial charge in [0, 0.05) is 18.5 Å². The molecule has 0 bridgehead atoms. The van der Waals surface area contributed by atoms with E-state index in [9.17, 15) is 18.4 Å². The van der Waals surface area contributed by atoms with Crippen molar-refractivity contribution in [2.24, 2.45) is 0 Å². The maximum atomic E-state index is 14.7. The molecule has 4 rings (SSSR count). The van der Waals surface area contributed by atoms with Crippen molar-refractivity contribution in [3.8, 4) is 11.6 Å². The van der Waals surface area contributed by atoms with Crippen LogP contribution in [0.3, 0.4) is 0 Å². The summed E-state index contributed by atoms with van der Waals surface area (Å²) < 4.78 is 48.6. The molecular formula is C23H28F2N4O5S. The smallest absolute Gasteiger partial charge is 0.346 e. The fourth-order valence-electron chi connectivity index (χ4n) is 4.12. The highest BCUT2D eigenvalue weighted by atomic mass is 32.1. The Kier molecular flexibility index (Phi) is 8.34. The number of carbonyl (C=O) groups is 2. The van der Waals surface area contributed by atoms with E-state index in [2.05, 4.69) is 19.9 Å². The van der Waals surface area contributed by atoms with Crippen molar-refractivity contribution in [2.45, 2.75) is 38.7 Å². The predicted molar refractivity (Wildman–Crippen MR) is 125 cm³/mol. The van der Waals surface area contributed by atoms with Crippen LogP contribution in [0.15, 0.2) is 6.07 Å². The van der Waals surface area contributed by atoms with E-state index in [0.717, 1.165) is 44.0 Å². The number of halogens is 2. The number of methoxy groups -OCH3 is 1. The number of rotatable bonds is 10. The van der Waals surface area contributed by atoms with Crippen LogP contribution in [0.25, 0.3) is 0 Å². The van der Waals surface area contributed by atoms with Crippen LogP contribution in [0, 0.1) is 11.6 Å². The minimum atomic E-state index is -0.838. The summed E-state index contributed by atoms with van der Waals surface area (Å²) in [4.78, 5) is 27.1. The van der Waals surface area contributed by atoms with E-state index in [0.29, 0.717) is 18.5 Å². The number of anilines is 1. The molecule has 0 spiro atoms. The minimum Gasteiger partial charge on any atom is -0.490 e. The molecule has 2 amide bonds. The van der Waals surface area contributed by atoms with Gasteiger partial charge in [-0.3, -0.25) is 5.32 Å². The average Bonchev–Trinajstić information content (AvgIpc) is 3.60. The van der Waals surface area contributed by atoms with E-state index >= 15 is 0 Å². The van der Waals surface area contributed by atoms with Crippen molar-refractivity contribution in [1.29, 1.82) is 0 Å². The van der Waals surface area contributed by atoms with E-state index in [1.54, 1.807) is 0 Å². The highest BCUT2D eigenvalue weighted by molar-refractivity contribution is 7.11. The first-order valence-electron chi connectivity index (χ1n) is 11.6. The lowest BCUT2D eigenvalue weighted by Gasteiger charge is -2.14. The van der Waals surface area contributed by atoms with Gasteiger partial charge in [0.1, 0.15) is 17.4 Å². The third-order valence-corrected chi connectivity index (χ3v) is 6.72. The Morgan fingerprint density at radius 1 is 1.26 bits per heavy atom. The van der Waals surface area contributed by atoms with Crippen LogP contribution >= 0.6 is 11.5 Å². The lowest BCUT2D eigenvalue weighted by atomic mass is 10.1. The largest absolute Gasteiger partial charge is 0.490 e. The number of hydrogen-bond donors (Lipinski definition) is 2. The lowest BCUT2D eigenvalue weighted by Crippen LogP contribution is -2.30. The Morgan fingerprint density at radius 3 is 2.83 bits per heavy atom. The Morgan fingerprint density at radius 2 is 2.06 bits per heavy atom. The van der Waals surface area contributed by atoms with Crippen molar-refractivity contribution >= 4 is 28.5 Å². The zero-order chi connectivity index (χ0) is 24.8. The number of nitrogens with one attached hydrogen (secondary N) is 2. The van der Waals surface area contributed by atoms with E-state index in [4.69, 9.17) is 14.2 Å². The topological polar surface area (TPSA) is 102 Å². The standard InChI is InChI=1S/C23H28F2N4O5S/c1-32-22(30)17-20(34-13-15-16(24)12-14-6-11-33-19(14)18(15)25)28-35-21(17)27-23(31)26-7-2-3-8-29-9-4-5-10-29/h12H,2-11,13H2,1H3,(H2,26,27,31). The summed E-state index contributed by atoms with van der Waals surface area (Å²) in [5.41, 5.74) is -0.00300. The molecule has 0 atom stereocenters. The summed E-state index contributed by atoms with van der Waals surface area (Å²) in [6.45, 7) is 3.53. The van der Waals surface area contributed by atoms with E-state index < -0.39 is 30.2 Å². The van der Waals surface area contributed by atoms with Gasteiger partial charge in [0.15, 0.2) is 17.1 Å². The van der Waals surface area contributed by atoms with Gasteiger partial charge in [-0.2, -0.15) is 4.37 Å². The summed E-state index contributed by atoms with van der Waals surface area (Å²) in [6.07, 6.45) is 4.72. The first kappa shape index (κ1) is 25.1. The SMILES string of the molecule is COC(=O)c1c(OCc2c(F)cc3c(c2F)OCC3)nsc1NC(=O)NCCCCN1CCCC1. The van der Waals surface area contributed by atoms with Crippen molar-refractivity contribution < 1.29 is 32.6 Å². The summed E-state index contributed by atoms with van der Waals surface area (Å²) in [6, 6.07) is 0.717. The summed E-state index contributed by atoms with van der Waals surface area (Å²) in [5, 5.41) is 5.44. The summed E-state index contributed by atoms with van der Waals surface area (Å²) in [7, 11) is 1.17. The van der Waals surface area contributed by atoms with Gasteiger partial charge < -0.3 is 24.4 Å². The third kappa shape index (κ3) is 5.99. The Hall–Kier alpha value is -2.99. The Balaban J connectivity index is 1.35. The van der Waals surface area contributed by atoms with Gasteiger partial charge in [-0.1, -0.05) is 0 Å². The molecular weight excluding hydrogens is 482 g/mol. The normalized spacial score (nSPS) is 14.9. The molecule has 190 valence electrons. The molecule has 1 fully saturated rings. The van der Waals surface area contributed by atoms with Crippen LogP contribution in [0.5, 0.6) is 11.6 Å². The molecule has 1 aromatic carbocycles. The molecule has 0 unspecified atom stereocenters. The quantitative estimate of drug-likeness (QED) is 0.371. The summed E-state index contributed by atoms with van der Waals surface area (Å²) >= 11 is 0.806. The molecule has 12 heteroatoms. The predicted octanol–water partition coefficient (Wildman–Crippen LogP) is 3.72. The van der Waals surface area contributed by atoms with Gasteiger partial charge in [-0.05, 0) is 62.9 Å². The minimum absolute atomic E-state index is 0.0101. The maximum absolute atomic E-state index is 14.7. The molecule has 9 nitrogen and oxygen atoms in total. The van der Waals surface area contributed by atoms with E-state index in [1.165, 1.54) is 26.0 Å². The number of nitrogens with zero attached hydrogens (tertiary/aromatic N) is 2. The Bertz CT molecular complexity index is 1070. The molecule has 0 saturated carbocycles. The highest BCUT2D eigenvalue weighted by Gasteiger charge is 2.27. The zero-order valence-electron chi connectivity index (χ0n) is 19.5. The molecule has 0 aliphatic carbocycles. The molecule has 2 aliphatic rings. The number of ether oxygens (including phenoxy) is 3. The van der Waals surface area contributed by atoms with E-state index in [-0.39, 0.29) is 34.4 Å². The second-order valence-corrected chi connectivity index (χ2v) is 9.12. The molecule has 2 N–H and O–H groups in total. The number of fused-ring (bicyclic) bond motifs is 1. The van der Waals surface area contributed by atoms with Gasteiger partial charge in [0.05, 0.1) is 19.3 Å². The number of benzene rings is 1. The van der Waals surface area contributed by atoms with Crippen LogP contribution in [-0.2, 0) is 17.8 Å². The first-order chi connectivity index (χ1) is 17.0. The van der Waals surface area contributed by atoms with E-state index in [1.807, 2.05) is 0 Å². The average molecular weight is 511 g/mol. The number of amides is 2. The van der Waals surface area contributed by atoms with Crippen LogP contribution in [0.4, 0.5) is 18.6 Å². The van der Waals surface area contributed by atoms with Crippen molar-refractivity contribution in [1.82, 2.24) is 14.6 Å². The van der Waals surface area contributed by atoms with Gasteiger partial charge in [-0.15, -0.1) is 0 Å². The van der Waals surface area contributed by atoms with Crippen LogP contribution < -0.4 is 20.1 Å². The van der Waals surface area contributed by atoms with Crippen LogP contribution in [0.2, 0.25) is 0 Å². The summed E-state index contributed by atoms with van der Waals surface area (Å²) in [5.74, 6) is -2.59. The Labute approximate surface area is 205 Å². The molecule has 35 heavy (non-hydrogen) atoms. The fraction of sp³-hybridized carbons (Fsp3) is 0.522. The van der Waals surface area contributed by atoms with Crippen LogP contribution in [-0.4, -0.2) is 61.2 Å². The monoisotopic (exact) mass is 510 g/mol. The first-order valence-corrected chi connectivity index (χ1v) is 12.4. The number of likely N-dealkylation sites (tertiary alicyclic amines) is 1. The third-order valence-electron chi connectivity index (χ3n) is 5.98. The maximum Gasteiger partial charge on any atom is 0.346 e. The molecule has 3 heterocycles. The van der Waals surface area contributed by atoms with Gasteiger partial charge >= 0.3 is 12.0 Å². The van der Waals surface area contributed by atoms with Crippen molar-refractivity contribution in [3.63, 3.8) is 0 Å². The number of aromatic nitrogens is 1. The molecule has 2 aliphatic heterocycles. The second kappa shape index (κ2) is 11.6. The number of esters is 1. The number of urea groups is 1. The van der Waals surface area contributed by atoms with Crippen molar-refractivity contribution in [3.05, 3.63) is 34.4 Å². The molecule has 1 saturated heterocycles. The van der Waals surface area contributed by atoms with Crippen molar-refractivity contribution in [2.75, 3.05) is 45.2 Å². The molecule has 1 aromatic heterocycles. The highest BCUT2D eigenvalue weighted by Crippen LogP contribution is 2.35. The second-order valence-electron chi connectivity index (χ2n) is 8.35. The van der Waals surface area contributed by atoms with Gasteiger partial charge in [0.25, 0.3) is 0 Å².